The second-order valence-corrected chi connectivity index (χ2v) is 10.3. The Kier molecular flexibility index (Phi) is 6.82. The largest absolute Gasteiger partial charge is 0.443 e. The number of rotatable bonds is 6. The molecule has 0 atom stereocenters. The Hall–Kier alpha value is -2.39. The molecule has 0 bridgehead atoms. The Labute approximate surface area is 178 Å². The number of guanidine groups is 1. The van der Waals surface area contributed by atoms with Crippen molar-refractivity contribution in [3.63, 3.8) is 0 Å². The maximum atomic E-state index is 12.6. The maximum absolute atomic E-state index is 12.6. The second-order valence-electron chi connectivity index (χ2n) is 8.40. The predicted molar refractivity (Wildman–Crippen MR) is 117 cm³/mol. The monoisotopic (exact) mass is 433 g/mol. The Morgan fingerprint density at radius 1 is 1.13 bits per heavy atom. The number of sulfonamides is 1. The third-order valence-electron chi connectivity index (χ3n) is 5.01. The van der Waals surface area contributed by atoms with Crippen LogP contribution in [0.15, 0.2) is 44.8 Å². The van der Waals surface area contributed by atoms with E-state index in [1.807, 2.05) is 12.1 Å². The zero-order valence-electron chi connectivity index (χ0n) is 18.1. The van der Waals surface area contributed by atoms with Gasteiger partial charge in [0.2, 0.25) is 15.9 Å². The van der Waals surface area contributed by atoms with Crippen LogP contribution >= 0.6 is 0 Å². The molecule has 8 nitrogen and oxygen atoms in total. The van der Waals surface area contributed by atoms with Crippen LogP contribution in [0.25, 0.3) is 0 Å². The average Bonchev–Trinajstić information content (AvgIpc) is 3.40. The van der Waals surface area contributed by atoms with Crippen molar-refractivity contribution >= 4 is 16.0 Å². The molecule has 1 aromatic carbocycles. The number of nitrogens with one attached hydrogen (secondary N) is 2. The molecule has 9 heteroatoms. The summed E-state index contributed by atoms with van der Waals surface area (Å²) in [5, 5.41) is 6.39. The number of nitrogens with zero attached hydrogens (tertiary/aromatic N) is 3. The van der Waals surface area contributed by atoms with E-state index in [-0.39, 0.29) is 5.41 Å². The van der Waals surface area contributed by atoms with Crippen molar-refractivity contribution in [3.05, 3.63) is 47.7 Å². The van der Waals surface area contributed by atoms with Crippen molar-refractivity contribution in [1.82, 2.24) is 19.9 Å². The number of aliphatic imine (C=N–C) groups is 1. The smallest absolute Gasteiger partial charge is 0.243 e. The molecule has 164 valence electrons. The van der Waals surface area contributed by atoms with Crippen LogP contribution in [0.2, 0.25) is 0 Å². The van der Waals surface area contributed by atoms with Crippen molar-refractivity contribution in [1.29, 1.82) is 0 Å². The van der Waals surface area contributed by atoms with Gasteiger partial charge < -0.3 is 15.1 Å². The van der Waals surface area contributed by atoms with Crippen molar-refractivity contribution in [3.8, 4) is 0 Å². The molecule has 0 radical (unpaired) electrons. The average molecular weight is 434 g/mol. The fraction of sp³-hybridized carbons (Fsp3) is 0.524. The molecule has 2 heterocycles. The summed E-state index contributed by atoms with van der Waals surface area (Å²) in [5.74, 6) is 2.05. The highest BCUT2D eigenvalue weighted by molar-refractivity contribution is 7.89. The Balaban J connectivity index is 1.53. The lowest BCUT2D eigenvalue weighted by atomic mass is 9.94. The van der Waals surface area contributed by atoms with E-state index < -0.39 is 10.0 Å². The van der Waals surface area contributed by atoms with Gasteiger partial charge in [0.1, 0.15) is 5.76 Å². The van der Waals surface area contributed by atoms with Gasteiger partial charge in [-0.25, -0.2) is 13.4 Å². The number of oxazole rings is 1. The normalized spacial score (nSPS) is 16.1. The summed E-state index contributed by atoms with van der Waals surface area (Å²) in [7, 11) is -1.69. The van der Waals surface area contributed by atoms with Crippen molar-refractivity contribution in [2.45, 2.75) is 57.0 Å². The van der Waals surface area contributed by atoms with E-state index in [1.165, 1.54) is 0 Å². The maximum Gasteiger partial charge on any atom is 0.243 e. The topological polar surface area (TPSA) is 99.8 Å². The lowest BCUT2D eigenvalue weighted by Crippen LogP contribution is -2.36. The van der Waals surface area contributed by atoms with E-state index >= 15 is 0 Å². The van der Waals surface area contributed by atoms with Crippen molar-refractivity contribution in [2.24, 2.45) is 4.99 Å². The van der Waals surface area contributed by atoms with Gasteiger partial charge in [-0.1, -0.05) is 32.9 Å². The molecule has 0 unspecified atom stereocenters. The van der Waals surface area contributed by atoms with Crippen LogP contribution in [0, 0.1) is 0 Å². The third-order valence-corrected chi connectivity index (χ3v) is 6.92. The van der Waals surface area contributed by atoms with Gasteiger partial charge in [-0.15, -0.1) is 0 Å². The SMILES string of the molecule is CN=C(NCc1ccc(S(=O)(=O)N2CCCC2)cc1)NCc1ncc(C(C)(C)C)o1. The van der Waals surface area contributed by atoms with Crippen LogP contribution in [0.5, 0.6) is 0 Å². The summed E-state index contributed by atoms with van der Waals surface area (Å²) < 4.78 is 32.5. The Morgan fingerprint density at radius 3 is 2.33 bits per heavy atom. The predicted octanol–water partition coefficient (Wildman–Crippen LogP) is 2.62. The van der Waals surface area contributed by atoms with Crippen LogP contribution < -0.4 is 10.6 Å². The molecule has 1 aliphatic rings. The first-order valence-corrected chi connectivity index (χ1v) is 11.6. The van der Waals surface area contributed by atoms with Gasteiger partial charge in [0.05, 0.1) is 17.6 Å². The minimum Gasteiger partial charge on any atom is -0.443 e. The highest BCUT2D eigenvalue weighted by atomic mass is 32.2. The molecule has 1 saturated heterocycles. The quantitative estimate of drug-likeness (QED) is 0.537. The first-order chi connectivity index (χ1) is 14.2. The van der Waals surface area contributed by atoms with Crippen LogP contribution in [0.4, 0.5) is 0 Å². The highest BCUT2D eigenvalue weighted by Gasteiger charge is 2.26. The van der Waals surface area contributed by atoms with Crippen LogP contribution in [-0.4, -0.2) is 43.8 Å². The number of aromatic nitrogens is 1. The molecular weight excluding hydrogens is 402 g/mol. The zero-order chi connectivity index (χ0) is 21.8. The summed E-state index contributed by atoms with van der Waals surface area (Å²) in [6, 6.07) is 6.99. The molecule has 30 heavy (non-hydrogen) atoms. The summed E-state index contributed by atoms with van der Waals surface area (Å²) >= 11 is 0. The van der Waals surface area contributed by atoms with Crippen molar-refractivity contribution < 1.29 is 12.8 Å². The zero-order valence-corrected chi connectivity index (χ0v) is 18.9. The first-order valence-electron chi connectivity index (χ1n) is 10.2. The van der Waals surface area contributed by atoms with Gasteiger partial charge in [0, 0.05) is 32.1 Å². The fourth-order valence-corrected chi connectivity index (χ4v) is 4.68. The van der Waals surface area contributed by atoms with Gasteiger partial charge >= 0.3 is 0 Å². The van der Waals surface area contributed by atoms with Gasteiger partial charge in [-0.3, -0.25) is 4.99 Å². The Morgan fingerprint density at radius 2 is 1.77 bits per heavy atom. The summed E-state index contributed by atoms with van der Waals surface area (Å²) in [4.78, 5) is 8.85. The molecular formula is C21H31N5O3S. The summed E-state index contributed by atoms with van der Waals surface area (Å²) in [6.07, 6.45) is 3.61. The molecule has 2 aromatic rings. The van der Waals surface area contributed by atoms with E-state index in [2.05, 4.69) is 41.4 Å². The molecule has 1 aromatic heterocycles. The molecule has 3 rings (SSSR count). The molecule has 0 spiro atoms. The van der Waals surface area contributed by atoms with E-state index in [1.54, 1.807) is 29.7 Å². The fourth-order valence-electron chi connectivity index (χ4n) is 3.16. The third kappa shape index (κ3) is 5.40. The van der Waals surface area contributed by atoms with E-state index in [0.29, 0.717) is 42.9 Å². The van der Waals surface area contributed by atoms with Gasteiger partial charge in [-0.05, 0) is 30.5 Å². The molecule has 0 saturated carbocycles. The molecule has 1 aliphatic heterocycles. The lowest BCUT2D eigenvalue weighted by Gasteiger charge is -2.16. The minimum atomic E-state index is -3.38. The molecule has 1 fully saturated rings. The number of hydrogen-bond acceptors (Lipinski definition) is 5. The molecule has 2 N–H and O–H groups in total. The standard InChI is InChI=1S/C21H31N5O3S/c1-21(2,3)18-14-23-19(29-18)15-25-20(22-4)24-13-16-7-9-17(10-8-16)30(27,28)26-11-5-6-12-26/h7-10,14H,5-6,11-13,15H2,1-4H3,(H2,22,24,25). The highest BCUT2D eigenvalue weighted by Crippen LogP contribution is 2.23. The van der Waals surface area contributed by atoms with Crippen LogP contribution in [-0.2, 0) is 28.5 Å². The summed E-state index contributed by atoms with van der Waals surface area (Å²) in [5.41, 5.74) is 0.879. The van der Waals surface area contributed by atoms with E-state index in [0.717, 1.165) is 24.2 Å². The van der Waals surface area contributed by atoms with Gasteiger partial charge in [-0.2, -0.15) is 4.31 Å². The van der Waals surface area contributed by atoms with Gasteiger partial charge in [0.15, 0.2) is 5.96 Å². The number of benzene rings is 1. The van der Waals surface area contributed by atoms with Crippen LogP contribution in [0.1, 0.15) is 50.8 Å². The Bertz CT molecular complexity index is 969. The van der Waals surface area contributed by atoms with Crippen molar-refractivity contribution in [2.75, 3.05) is 20.1 Å². The lowest BCUT2D eigenvalue weighted by molar-refractivity contribution is 0.379. The number of hydrogen-bond donors (Lipinski definition) is 2. The summed E-state index contributed by atoms with van der Waals surface area (Å²) in [6.45, 7) is 8.38. The van der Waals surface area contributed by atoms with E-state index in [4.69, 9.17) is 4.42 Å². The second kappa shape index (κ2) is 9.18. The van der Waals surface area contributed by atoms with E-state index in [9.17, 15) is 8.42 Å². The minimum absolute atomic E-state index is 0.0837. The first kappa shape index (κ1) is 22.3. The van der Waals surface area contributed by atoms with Crippen LogP contribution in [0.3, 0.4) is 0 Å². The molecule has 0 amide bonds. The van der Waals surface area contributed by atoms with Gasteiger partial charge in [0.25, 0.3) is 0 Å². The molecule has 0 aliphatic carbocycles.